The van der Waals surface area contributed by atoms with E-state index in [1.54, 1.807) is 4.90 Å². The summed E-state index contributed by atoms with van der Waals surface area (Å²) in [4.78, 5) is 46.4. The molecule has 6 rings (SSSR count). The number of anilines is 1. The monoisotopic (exact) mass is 612 g/mol. The molecular formula is C37H48N4O4. The highest BCUT2D eigenvalue weighted by Crippen LogP contribution is 2.55. The number of nitrogens with one attached hydrogen (secondary N) is 2. The molecule has 2 saturated heterocycles. The van der Waals surface area contributed by atoms with Crippen molar-refractivity contribution in [1.29, 1.82) is 0 Å². The minimum atomic E-state index is -1.17. The number of likely N-dealkylation sites (tertiary alicyclic amines) is 1. The van der Waals surface area contributed by atoms with Crippen molar-refractivity contribution in [3.8, 4) is 0 Å². The van der Waals surface area contributed by atoms with Gasteiger partial charge in [-0.2, -0.15) is 0 Å². The van der Waals surface area contributed by atoms with E-state index in [1.807, 2.05) is 61.7 Å². The molecule has 8 atom stereocenters. The minimum absolute atomic E-state index is 0.0462. The fourth-order valence-electron chi connectivity index (χ4n) is 7.98. The zero-order valence-corrected chi connectivity index (χ0v) is 27.2. The van der Waals surface area contributed by atoms with E-state index < -0.39 is 29.6 Å². The molecule has 8 nitrogen and oxygen atoms in total. The first-order valence-corrected chi connectivity index (χ1v) is 16.7. The van der Waals surface area contributed by atoms with Gasteiger partial charge in [0.2, 0.25) is 17.7 Å². The number of carbonyl (C=O) groups is 3. The highest BCUT2D eigenvalue weighted by atomic mass is 16.5. The van der Waals surface area contributed by atoms with Gasteiger partial charge in [-0.3, -0.25) is 14.4 Å². The molecule has 45 heavy (non-hydrogen) atoms. The van der Waals surface area contributed by atoms with E-state index in [2.05, 4.69) is 55.4 Å². The van der Waals surface area contributed by atoms with Crippen LogP contribution in [0, 0.1) is 23.7 Å². The standard InChI is InChI=1S/C37H48N4O4/c1-23(2)27-14-16-28(17-15-27)38-34(42)31-30-18-19-37(45-30)32(31)36(44)41(21-20-40(5)22-26-11-7-6-8-12-26)33(37)35(43)39-29-13-9-10-24(3)25(29)4/h6-8,11-12,14-19,23-25,29-33H,9-10,13,20-22H2,1-5H3,(H,38,42)(H,39,43)/t24-,25+,29-,30-,31+,32-,33-,37-/m1/s1. The second kappa shape index (κ2) is 12.7. The number of rotatable bonds is 10. The van der Waals surface area contributed by atoms with E-state index in [9.17, 15) is 14.4 Å². The van der Waals surface area contributed by atoms with Crippen LogP contribution < -0.4 is 10.6 Å². The molecule has 3 amide bonds. The molecule has 2 aromatic carbocycles. The Morgan fingerprint density at radius 2 is 1.78 bits per heavy atom. The summed E-state index contributed by atoms with van der Waals surface area (Å²) in [5.41, 5.74) is 1.88. The molecule has 3 aliphatic heterocycles. The fourth-order valence-corrected chi connectivity index (χ4v) is 7.98. The van der Waals surface area contributed by atoms with Gasteiger partial charge >= 0.3 is 0 Å². The van der Waals surface area contributed by atoms with Gasteiger partial charge in [0, 0.05) is 31.4 Å². The Hall–Kier alpha value is -3.49. The molecule has 1 aliphatic carbocycles. The molecule has 2 aromatic rings. The predicted molar refractivity (Wildman–Crippen MR) is 175 cm³/mol. The van der Waals surface area contributed by atoms with Crippen LogP contribution in [0.1, 0.15) is 64.0 Å². The van der Waals surface area contributed by atoms with Gasteiger partial charge in [0.05, 0.1) is 17.9 Å². The summed E-state index contributed by atoms with van der Waals surface area (Å²) in [5, 5.41) is 6.39. The van der Waals surface area contributed by atoms with Crippen molar-refractivity contribution >= 4 is 23.4 Å². The van der Waals surface area contributed by atoms with Crippen LogP contribution >= 0.6 is 0 Å². The smallest absolute Gasteiger partial charge is 0.246 e. The van der Waals surface area contributed by atoms with Crippen molar-refractivity contribution in [3.05, 3.63) is 77.9 Å². The highest BCUT2D eigenvalue weighted by Gasteiger charge is 2.72. The number of fused-ring (bicyclic) bond motifs is 1. The van der Waals surface area contributed by atoms with Gasteiger partial charge in [0.25, 0.3) is 0 Å². The van der Waals surface area contributed by atoms with Crippen LogP contribution in [0.2, 0.25) is 0 Å². The first kappa shape index (κ1) is 31.5. The van der Waals surface area contributed by atoms with Crippen molar-refractivity contribution in [2.45, 2.75) is 83.2 Å². The van der Waals surface area contributed by atoms with E-state index in [0.29, 0.717) is 36.5 Å². The molecule has 3 heterocycles. The summed E-state index contributed by atoms with van der Waals surface area (Å²) in [6.45, 7) is 10.4. The zero-order chi connectivity index (χ0) is 31.9. The summed E-state index contributed by atoms with van der Waals surface area (Å²) in [6.07, 6.45) is 6.38. The van der Waals surface area contributed by atoms with Crippen molar-refractivity contribution in [2.24, 2.45) is 23.7 Å². The van der Waals surface area contributed by atoms with Crippen molar-refractivity contribution in [3.63, 3.8) is 0 Å². The Bertz CT molecular complexity index is 1430. The van der Waals surface area contributed by atoms with Gasteiger partial charge in [-0.05, 0) is 54.5 Å². The van der Waals surface area contributed by atoms with Gasteiger partial charge < -0.3 is 25.2 Å². The summed E-state index contributed by atoms with van der Waals surface area (Å²) in [6, 6.07) is 17.2. The summed E-state index contributed by atoms with van der Waals surface area (Å²) in [7, 11) is 2.02. The molecular weight excluding hydrogens is 564 g/mol. The van der Waals surface area contributed by atoms with E-state index in [1.165, 1.54) is 11.1 Å². The first-order chi connectivity index (χ1) is 21.6. The quantitative estimate of drug-likeness (QED) is 0.370. The number of hydrogen-bond acceptors (Lipinski definition) is 5. The highest BCUT2D eigenvalue weighted by molar-refractivity contribution is 6.02. The summed E-state index contributed by atoms with van der Waals surface area (Å²) >= 11 is 0. The molecule has 4 aliphatic rings. The SMILES string of the molecule is CC(C)c1ccc(NC(=O)[C@H]2[C@H]3C=C[C@@]4(O3)[C@H]2C(=O)N(CCN(C)Cc2ccccc2)[C@@H]4C(=O)N[C@@H]2CCC[C@@H](C)[C@@H]2C)cc1. The maximum atomic E-state index is 14.4. The Kier molecular flexibility index (Phi) is 8.90. The number of amides is 3. The summed E-state index contributed by atoms with van der Waals surface area (Å²) in [5.74, 6) is -0.856. The number of carbonyl (C=O) groups excluding carboxylic acids is 3. The molecule has 0 unspecified atom stereocenters. The van der Waals surface area contributed by atoms with Crippen molar-refractivity contribution in [2.75, 3.05) is 25.5 Å². The molecule has 2 bridgehead atoms. The fraction of sp³-hybridized carbons (Fsp3) is 0.541. The number of likely N-dealkylation sites (N-methyl/N-ethyl adjacent to an activating group) is 1. The van der Waals surface area contributed by atoms with E-state index >= 15 is 0 Å². The Morgan fingerprint density at radius 1 is 1.04 bits per heavy atom. The average molecular weight is 613 g/mol. The van der Waals surface area contributed by atoms with Crippen LogP contribution in [0.25, 0.3) is 0 Å². The topological polar surface area (TPSA) is 91.0 Å². The lowest BCUT2D eigenvalue weighted by molar-refractivity contribution is -0.141. The van der Waals surface area contributed by atoms with Gasteiger partial charge in [0.15, 0.2) is 0 Å². The first-order valence-electron chi connectivity index (χ1n) is 16.7. The number of hydrogen-bond donors (Lipinski definition) is 2. The lowest BCUT2D eigenvalue weighted by atomic mass is 9.73. The van der Waals surface area contributed by atoms with Gasteiger partial charge in [0.1, 0.15) is 11.6 Å². The lowest BCUT2D eigenvalue weighted by Crippen LogP contribution is -2.58. The maximum Gasteiger partial charge on any atom is 0.246 e. The zero-order valence-electron chi connectivity index (χ0n) is 27.2. The largest absolute Gasteiger partial charge is 0.359 e. The van der Waals surface area contributed by atoms with Crippen LogP contribution in [-0.2, 0) is 25.7 Å². The molecule has 240 valence electrons. The van der Waals surface area contributed by atoms with Gasteiger partial charge in [-0.15, -0.1) is 0 Å². The number of benzene rings is 2. The molecule has 0 radical (unpaired) electrons. The average Bonchev–Trinajstić information content (AvgIpc) is 3.66. The molecule has 1 spiro atoms. The van der Waals surface area contributed by atoms with Crippen LogP contribution in [0.15, 0.2) is 66.7 Å². The Labute approximate surface area is 267 Å². The molecule has 3 fully saturated rings. The van der Waals surface area contributed by atoms with E-state index in [0.717, 1.165) is 25.8 Å². The molecule has 1 saturated carbocycles. The third-order valence-electron chi connectivity index (χ3n) is 10.8. The van der Waals surface area contributed by atoms with Crippen LogP contribution in [0.4, 0.5) is 5.69 Å². The van der Waals surface area contributed by atoms with E-state index in [-0.39, 0.29) is 23.8 Å². The molecule has 8 heteroatoms. The second-order valence-electron chi connectivity index (χ2n) is 14.1. The number of nitrogens with zero attached hydrogens (tertiary/aromatic N) is 2. The molecule has 2 N–H and O–H groups in total. The normalized spacial score (nSPS) is 31.9. The third kappa shape index (κ3) is 5.95. The summed E-state index contributed by atoms with van der Waals surface area (Å²) < 4.78 is 6.57. The van der Waals surface area contributed by atoms with Crippen LogP contribution in [-0.4, -0.2) is 71.4 Å². The predicted octanol–water partition coefficient (Wildman–Crippen LogP) is 4.97. The van der Waals surface area contributed by atoms with Crippen LogP contribution in [0.3, 0.4) is 0 Å². The Morgan fingerprint density at radius 3 is 2.49 bits per heavy atom. The second-order valence-corrected chi connectivity index (χ2v) is 14.1. The van der Waals surface area contributed by atoms with Crippen molar-refractivity contribution in [1.82, 2.24) is 15.1 Å². The van der Waals surface area contributed by atoms with Gasteiger partial charge in [-0.25, -0.2) is 0 Å². The van der Waals surface area contributed by atoms with Crippen molar-refractivity contribution < 1.29 is 19.1 Å². The third-order valence-corrected chi connectivity index (χ3v) is 10.8. The van der Waals surface area contributed by atoms with Gasteiger partial charge in [-0.1, -0.05) is 95.2 Å². The van der Waals surface area contributed by atoms with Crippen LogP contribution in [0.5, 0.6) is 0 Å². The lowest BCUT2D eigenvalue weighted by Gasteiger charge is -2.38. The Balaban J connectivity index is 1.25. The molecule has 0 aromatic heterocycles. The maximum absolute atomic E-state index is 14.4. The van der Waals surface area contributed by atoms with E-state index in [4.69, 9.17) is 4.74 Å². The number of ether oxygens (including phenoxy) is 1. The minimum Gasteiger partial charge on any atom is -0.359 e.